The zero-order chi connectivity index (χ0) is 93.0. The highest BCUT2D eigenvalue weighted by Gasteiger charge is 2.47. The van der Waals surface area contributed by atoms with Crippen molar-refractivity contribution in [1.82, 2.24) is 0 Å². The smallest absolute Gasteiger partial charge is 0.252 e. The van der Waals surface area contributed by atoms with Crippen molar-refractivity contribution in [3.8, 4) is 156 Å². The molecule has 0 aromatic heterocycles. The molecule has 21 aromatic carbocycles. The molecule has 0 amide bonds. The van der Waals surface area contributed by atoms with Crippen molar-refractivity contribution in [3.63, 3.8) is 0 Å². The van der Waals surface area contributed by atoms with E-state index in [9.17, 15) is 0 Å². The van der Waals surface area contributed by atoms with Gasteiger partial charge in [-0.05, 0) is 269 Å². The molecule has 656 valence electrons. The van der Waals surface area contributed by atoms with Gasteiger partial charge in [-0.25, -0.2) is 0 Å². The van der Waals surface area contributed by atoms with E-state index in [1.165, 1.54) is 66.6 Å². The lowest BCUT2D eigenvalue weighted by Gasteiger charge is -2.46. The number of fused-ring (bicyclic) bond motifs is 4. The van der Waals surface area contributed by atoms with Crippen LogP contribution in [0.5, 0.6) is 0 Å². The van der Waals surface area contributed by atoms with Crippen molar-refractivity contribution in [1.29, 1.82) is 0 Å². The maximum absolute atomic E-state index is 2.72. The van der Waals surface area contributed by atoms with Crippen LogP contribution >= 0.6 is 0 Å². The minimum Gasteiger partial charge on any atom is -0.310 e. The largest absolute Gasteiger partial charge is 0.310 e. The van der Waals surface area contributed by atoms with Crippen LogP contribution in [0.3, 0.4) is 0 Å². The maximum atomic E-state index is 2.72. The van der Waals surface area contributed by atoms with Gasteiger partial charge >= 0.3 is 0 Å². The summed E-state index contributed by atoms with van der Waals surface area (Å²) in [4.78, 5) is 7.97. The molecule has 23 rings (SSSR count). The molecule has 0 bridgehead atoms. The number of hydrogen-bond donors (Lipinski definition) is 0. The predicted molar refractivity (Wildman–Crippen MR) is 589 cm³/mol. The zero-order valence-electron chi connectivity index (χ0n) is 78.4. The van der Waals surface area contributed by atoms with Gasteiger partial charge in [-0.15, -0.1) is 0 Å². The van der Waals surface area contributed by atoms with Crippen LogP contribution in [0.15, 0.2) is 510 Å². The lowest BCUT2D eigenvalue weighted by Crippen LogP contribution is -2.61. The van der Waals surface area contributed by atoms with Crippen LogP contribution in [0.1, 0.15) is 52.7 Å². The molecule has 0 saturated carbocycles. The first kappa shape index (κ1) is 85.3. The Bertz CT molecular complexity index is 7320. The molecule has 0 unspecified atom stereocenters. The summed E-state index contributed by atoms with van der Waals surface area (Å²) in [6, 6.07) is 192. The predicted octanol–water partition coefficient (Wildman–Crippen LogP) is 35.2. The lowest BCUT2D eigenvalue weighted by atomic mass is 9.33. The Morgan fingerprint density at radius 1 is 0.167 bits per heavy atom. The van der Waals surface area contributed by atoms with Gasteiger partial charge < -0.3 is 14.7 Å². The van der Waals surface area contributed by atoms with E-state index in [0.717, 1.165) is 168 Å². The van der Waals surface area contributed by atoms with Gasteiger partial charge in [0.15, 0.2) is 0 Å². The third-order valence-electron chi connectivity index (χ3n) is 27.8. The Labute approximate surface area is 812 Å². The van der Waals surface area contributed by atoms with Crippen LogP contribution in [0.2, 0.25) is 0 Å². The molecule has 2 aliphatic heterocycles. The van der Waals surface area contributed by atoms with Gasteiger partial charge in [0.05, 0.1) is 17.1 Å². The highest BCUT2D eigenvalue weighted by atomic mass is 15.2. The Kier molecular flexibility index (Phi) is 22.3. The highest BCUT2D eigenvalue weighted by Crippen LogP contribution is 2.58. The van der Waals surface area contributed by atoms with Crippen molar-refractivity contribution in [2.24, 2.45) is 0 Å². The molecule has 2 heterocycles. The van der Waals surface area contributed by atoms with Crippen molar-refractivity contribution < 1.29 is 0 Å². The second-order valence-corrected chi connectivity index (χ2v) is 38.6. The topological polar surface area (TPSA) is 9.72 Å². The second-order valence-electron chi connectivity index (χ2n) is 38.6. The van der Waals surface area contributed by atoms with Crippen molar-refractivity contribution in [3.05, 3.63) is 521 Å². The number of hydrogen-bond acceptors (Lipinski definition) is 3. The summed E-state index contributed by atoms with van der Waals surface area (Å²) in [7, 11) is 0. The second kappa shape index (κ2) is 36.1. The Balaban J connectivity index is 0.892. The normalized spacial score (nSPS) is 12.1. The summed E-state index contributed by atoms with van der Waals surface area (Å²) < 4.78 is 0. The monoisotopic (exact) mass is 1760 g/mol. The van der Waals surface area contributed by atoms with E-state index in [0.29, 0.717) is 0 Å². The van der Waals surface area contributed by atoms with E-state index in [2.05, 4.69) is 566 Å². The van der Waals surface area contributed by atoms with Crippen LogP contribution in [0.4, 0.5) is 51.2 Å². The highest BCUT2D eigenvalue weighted by molar-refractivity contribution is 7.00. The van der Waals surface area contributed by atoms with Crippen LogP contribution < -0.4 is 31.1 Å². The van der Waals surface area contributed by atoms with Crippen molar-refractivity contribution in [2.75, 3.05) is 14.7 Å². The summed E-state index contributed by atoms with van der Waals surface area (Å²) in [5.41, 5.74) is 46.5. The minimum atomic E-state index is -0.389. The summed E-state index contributed by atoms with van der Waals surface area (Å²) in [6.45, 7) is 13.8. The number of benzene rings is 21. The third kappa shape index (κ3) is 16.1. The van der Waals surface area contributed by atoms with E-state index in [4.69, 9.17) is 0 Å². The van der Waals surface area contributed by atoms with E-state index < -0.39 is 0 Å². The molecule has 0 radical (unpaired) electrons. The molecular formula is C134H102BN3. The molecule has 0 saturated heterocycles. The van der Waals surface area contributed by atoms with Gasteiger partial charge in [-0.2, -0.15) is 0 Å². The van der Waals surface area contributed by atoms with Gasteiger partial charge in [0.25, 0.3) is 6.71 Å². The molecule has 4 heteroatoms. The first-order valence-corrected chi connectivity index (χ1v) is 48.2. The molecule has 0 spiro atoms. The van der Waals surface area contributed by atoms with Crippen LogP contribution in [0.25, 0.3) is 156 Å². The molecule has 3 nitrogen and oxygen atoms in total. The minimum absolute atomic E-state index is 0.252. The van der Waals surface area contributed by atoms with Gasteiger partial charge in [0.1, 0.15) is 0 Å². The average molecular weight is 1770 g/mol. The Morgan fingerprint density at radius 3 is 0.594 bits per heavy atom. The number of anilines is 9. The lowest BCUT2D eigenvalue weighted by molar-refractivity contribution is 0.593. The SMILES string of the molecule is CC(C)(C)c1c(-c2ccccc2)cc(-c2cc(-c3ccccc3)c(N3c4ccc(-c5ccccc5)cc4B4c5cc(-c6ccccc6)ccc5N(c5c(-c6ccccc6)cc(-c6cc(-c7ccccc7)c(C(C)(C)C)c(-c7ccccc7)c6)cc5-c5ccccc5)c5cc(N(c6ccc(-c7ccccc7)cc6)c6ccc(-c7ccccc7)cc6)cc3c54)c(-c3ccccc3)c2)cc1-c1ccccc1. The molecule has 0 aliphatic carbocycles. The first-order valence-electron chi connectivity index (χ1n) is 48.2. The van der Waals surface area contributed by atoms with Crippen molar-refractivity contribution >= 4 is 74.3 Å². The molecule has 0 N–H and O–H groups in total. The van der Waals surface area contributed by atoms with E-state index in [1.54, 1.807) is 0 Å². The average Bonchev–Trinajstić information content (AvgIpc) is 0.683. The van der Waals surface area contributed by atoms with Crippen LogP contribution in [0, 0.1) is 0 Å². The fourth-order valence-electron chi connectivity index (χ4n) is 21.6. The summed E-state index contributed by atoms with van der Waals surface area (Å²) >= 11 is 0. The summed E-state index contributed by atoms with van der Waals surface area (Å²) in [6.07, 6.45) is 0. The number of rotatable bonds is 19. The summed E-state index contributed by atoms with van der Waals surface area (Å²) in [5.74, 6) is 0. The molecular weight excluding hydrogens is 1660 g/mol. The van der Waals surface area contributed by atoms with E-state index in [-0.39, 0.29) is 17.5 Å². The first-order chi connectivity index (χ1) is 67.7. The van der Waals surface area contributed by atoms with E-state index >= 15 is 0 Å². The van der Waals surface area contributed by atoms with Crippen LogP contribution in [-0.2, 0) is 10.8 Å². The fourth-order valence-corrected chi connectivity index (χ4v) is 21.6. The van der Waals surface area contributed by atoms with Crippen LogP contribution in [-0.4, -0.2) is 6.71 Å². The van der Waals surface area contributed by atoms with Crippen molar-refractivity contribution in [2.45, 2.75) is 52.4 Å². The fraction of sp³-hybridized carbons (Fsp3) is 0.0597. The molecule has 21 aromatic rings. The van der Waals surface area contributed by atoms with Gasteiger partial charge in [-0.1, -0.05) is 454 Å². The number of nitrogens with zero attached hydrogens (tertiary/aromatic N) is 3. The molecule has 138 heavy (non-hydrogen) atoms. The summed E-state index contributed by atoms with van der Waals surface area (Å²) in [5, 5.41) is 0. The molecule has 0 fully saturated rings. The van der Waals surface area contributed by atoms with Gasteiger partial charge in [0.2, 0.25) is 0 Å². The standard InChI is InChI=1S/C134H102BN3/c1-133(2,3)128-114(97-51-27-11-28-52-97)79-107(80-115(128)98-53-29-12-30-54-98)109-83-118(101-59-35-15-36-60-101)131(119(84-109)102-61-37-16-38-62-102)137-124-77-71-105(93-47-23-9-24-48-93)87-122(124)135-123-88-106(94-49-25-10-26-50-94)72-78-125(123)138(127-90-113(89-126(137)130(127)135)136(111-73-67-95(68-74-111)91-43-19-7-20-44-91)112-75-69-96(70-76-112)92-45-21-8-22-46-92)132-120(103-63-39-17-40-64-103)85-110(86-121(132)104-65-41-18-42-66-104)108-81-116(99-55-31-13-32-56-99)129(134(4,5)6)117(82-108)100-57-33-14-34-58-100/h7-90H,1-6H3. The molecule has 0 atom stereocenters. The van der Waals surface area contributed by atoms with Gasteiger partial charge in [0, 0.05) is 56.4 Å². The Morgan fingerprint density at radius 2 is 0.362 bits per heavy atom. The van der Waals surface area contributed by atoms with Gasteiger partial charge in [-0.3, -0.25) is 0 Å². The molecule has 2 aliphatic rings. The quantitative estimate of drug-likeness (QED) is 0.0747. The van der Waals surface area contributed by atoms with E-state index in [1.807, 2.05) is 0 Å². The third-order valence-corrected chi connectivity index (χ3v) is 27.8. The maximum Gasteiger partial charge on any atom is 0.252 e. The Hall–Kier alpha value is -16.9. The zero-order valence-corrected chi connectivity index (χ0v) is 78.4.